The number of aryl methyl sites for hydroxylation is 4. The number of hydrogen-bond donors (Lipinski definition) is 6. The number of amidine groups is 1. The van der Waals surface area contributed by atoms with Crippen LogP contribution in [0.5, 0.6) is 0 Å². The van der Waals surface area contributed by atoms with Crippen molar-refractivity contribution in [2.45, 2.75) is 6.42 Å². The minimum atomic E-state index is -0.596. The summed E-state index contributed by atoms with van der Waals surface area (Å²) in [4.78, 5) is 66.3. The van der Waals surface area contributed by atoms with Crippen LogP contribution in [0.15, 0.2) is 60.8 Å². The number of aromatic nitrogens is 7. The van der Waals surface area contributed by atoms with E-state index in [0.717, 1.165) is 0 Å². The average Bonchev–Trinajstić information content (AvgIpc) is 3.93. The van der Waals surface area contributed by atoms with Crippen molar-refractivity contribution < 1.29 is 24.0 Å². The summed E-state index contributed by atoms with van der Waals surface area (Å²) in [5.74, 6) is -2.07. The highest BCUT2D eigenvalue weighted by molar-refractivity contribution is 9.09. The van der Waals surface area contributed by atoms with E-state index in [1.54, 1.807) is 51.6 Å². The number of alkyl halides is 2. The molecule has 4 aromatic heterocycles. The van der Waals surface area contributed by atoms with Gasteiger partial charge in [0, 0.05) is 94.9 Å². The molecule has 0 unspecified atom stereocenters. The van der Waals surface area contributed by atoms with Gasteiger partial charge in [0.2, 0.25) is 0 Å². The van der Waals surface area contributed by atoms with Gasteiger partial charge in [-0.3, -0.25) is 43.4 Å². The lowest BCUT2D eigenvalue weighted by atomic mass is 10.2. The topological polar surface area (TPSA) is 248 Å². The first-order valence-electron chi connectivity index (χ1n) is 17.3. The Balaban J connectivity index is 1.26. The van der Waals surface area contributed by atoms with Crippen LogP contribution < -0.4 is 32.0 Å². The Hall–Kier alpha value is -6.13. The second-order valence-electron chi connectivity index (χ2n) is 12.5. The Bertz CT molecular complexity index is 2290. The minimum absolute atomic E-state index is 0.0599. The zero-order valence-electron chi connectivity index (χ0n) is 31.4. The molecule has 0 atom stereocenters. The SMILES string of the molecule is Cn1cc(NC(=O)c2cc(N(C(=O)c3ccccc3)N(CCBr)CCBr)nn2C)cc1C(=O)Nc1cc(C(=O)Nc2cc(C(=O)NCCC(=N)N)n(C)n2)n(C)n1. The molecule has 0 bridgehead atoms. The van der Waals surface area contributed by atoms with Gasteiger partial charge in [-0.2, -0.15) is 15.3 Å². The normalized spacial score (nSPS) is 11.0. The number of hydrogen-bond acceptors (Lipinski definition) is 10. The fourth-order valence-electron chi connectivity index (χ4n) is 5.65. The van der Waals surface area contributed by atoms with Crippen molar-refractivity contribution in [3.05, 3.63) is 89.1 Å². The second kappa shape index (κ2) is 18.7. The van der Waals surface area contributed by atoms with E-state index in [9.17, 15) is 24.0 Å². The van der Waals surface area contributed by atoms with Gasteiger partial charge in [0.25, 0.3) is 29.5 Å². The van der Waals surface area contributed by atoms with Crippen molar-refractivity contribution in [3.8, 4) is 0 Å². The van der Waals surface area contributed by atoms with E-state index < -0.39 is 23.6 Å². The van der Waals surface area contributed by atoms with Crippen LogP contribution in [0.4, 0.5) is 23.1 Å². The summed E-state index contributed by atoms with van der Waals surface area (Å²) in [6.45, 7) is 1.15. The Morgan fingerprint density at radius 1 is 0.719 bits per heavy atom. The Morgan fingerprint density at radius 2 is 1.25 bits per heavy atom. The second-order valence-corrected chi connectivity index (χ2v) is 14.1. The third kappa shape index (κ3) is 10.2. The molecule has 5 aromatic rings. The Labute approximate surface area is 343 Å². The maximum absolute atomic E-state index is 13.8. The molecule has 0 aliphatic rings. The minimum Gasteiger partial charge on any atom is -0.388 e. The van der Waals surface area contributed by atoms with Gasteiger partial charge in [-0.1, -0.05) is 50.1 Å². The van der Waals surface area contributed by atoms with E-state index in [2.05, 4.69) is 68.4 Å². The molecule has 0 saturated heterocycles. The van der Waals surface area contributed by atoms with Gasteiger partial charge in [0.05, 0.1) is 11.5 Å². The van der Waals surface area contributed by atoms with Crippen molar-refractivity contribution in [1.29, 1.82) is 5.41 Å². The molecule has 57 heavy (non-hydrogen) atoms. The standard InChI is InChI=1S/C35H41Br2N15O5/c1-47-20-22(41-33(55)26-19-30(46-50(26)4)52(51(14-11-36)15-12-37)35(57)21-8-6-5-7-9-21)16-23(47)32(54)42-29-18-25(49(3)45-29)34(56)43-28-17-24(48(2)44-28)31(53)40-13-10-27(38)39/h5-9,16-20H,10-15H2,1-4H3,(H3,38,39)(H,40,53)(H,41,55)(H,42,45,54)(H,43,44,56). The highest BCUT2D eigenvalue weighted by Crippen LogP contribution is 2.23. The highest BCUT2D eigenvalue weighted by Gasteiger charge is 2.29. The van der Waals surface area contributed by atoms with Crippen LogP contribution >= 0.6 is 31.9 Å². The smallest absolute Gasteiger partial charge is 0.275 e. The van der Waals surface area contributed by atoms with Gasteiger partial charge in [0.1, 0.15) is 22.8 Å². The molecule has 0 radical (unpaired) electrons. The van der Waals surface area contributed by atoms with Crippen LogP contribution in [0.25, 0.3) is 0 Å². The number of nitrogens with zero attached hydrogens (tertiary/aromatic N) is 9. The molecule has 5 rings (SSSR count). The molecule has 1 aromatic carbocycles. The molecule has 22 heteroatoms. The molecule has 300 valence electrons. The number of nitrogens with two attached hydrogens (primary N) is 1. The predicted octanol–water partition coefficient (Wildman–Crippen LogP) is 2.69. The Kier molecular flexibility index (Phi) is 13.8. The summed E-state index contributed by atoms with van der Waals surface area (Å²) < 4.78 is 5.47. The van der Waals surface area contributed by atoms with Crippen molar-refractivity contribution in [2.75, 3.05) is 51.3 Å². The summed E-state index contributed by atoms with van der Waals surface area (Å²) >= 11 is 6.92. The number of nitrogens with one attached hydrogen (secondary N) is 5. The summed E-state index contributed by atoms with van der Waals surface area (Å²) in [5.41, 5.74) is 6.70. The van der Waals surface area contributed by atoms with Gasteiger partial charge in [-0.25, -0.2) is 10.0 Å². The number of anilines is 4. The zero-order valence-corrected chi connectivity index (χ0v) is 34.6. The molecule has 4 heterocycles. The first-order valence-corrected chi connectivity index (χ1v) is 19.5. The molecule has 0 aliphatic heterocycles. The fraction of sp³-hybridized carbons (Fsp3) is 0.286. The number of hydrazine groups is 1. The quantitative estimate of drug-likeness (QED) is 0.0345. The average molecular weight is 912 g/mol. The number of rotatable bonds is 17. The van der Waals surface area contributed by atoms with Gasteiger partial charge in [0.15, 0.2) is 17.5 Å². The Morgan fingerprint density at radius 3 is 1.82 bits per heavy atom. The van der Waals surface area contributed by atoms with E-state index in [1.807, 2.05) is 11.1 Å². The molecule has 0 aliphatic carbocycles. The molecule has 0 saturated carbocycles. The van der Waals surface area contributed by atoms with E-state index in [-0.39, 0.29) is 64.9 Å². The third-order valence-corrected chi connectivity index (χ3v) is 9.09. The van der Waals surface area contributed by atoms with E-state index in [4.69, 9.17) is 11.1 Å². The summed E-state index contributed by atoms with van der Waals surface area (Å²) in [6.07, 6.45) is 1.75. The van der Waals surface area contributed by atoms with Crippen LogP contribution in [0, 0.1) is 5.41 Å². The third-order valence-electron chi connectivity index (χ3n) is 8.38. The first kappa shape index (κ1) is 42.0. The van der Waals surface area contributed by atoms with Gasteiger partial charge < -0.3 is 31.6 Å². The number of halogens is 2. The van der Waals surface area contributed by atoms with E-state index >= 15 is 0 Å². The predicted molar refractivity (Wildman–Crippen MR) is 220 cm³/mol. The van der Waals surface area contributed by atoms with Crippen LogP contribution in [0.1, 0.15) is 58.7 Å². The molecular weight excluding hydrogens is 870 g/mol. The summed E-state index contributed by atoms with van der Waals surface area (Å²) in [6, 6.07) is 14.6. The largest absolute Gasteiger partial charge is 0.388 e. The monoisotopic (exact) mass is 909 g/mol. The van der Waals surface area contributed by atoms with Crippen molar-refractivity contribution in [2.24, 2.45) is 33.9 Å². The molecule has 0 spiro atoms. The molecule has 0 fully saturated rings. The van der Waals surface area contributed by atoms with Crippen LogP contribution in [0.3, 0.4) is 0 Å². The van der Waals surface area contributed by atoms with E-state index in [1.165, 1.54) is 54.9 Å². The lowest BCUT2D eigenvalue weighted by Gasteiger charge is -2.32. The first-order chi connectivity index (χ1) is 27.2. The van der Waals surface area contributed by atoms with Crippen LogP contribution in [-0.2, 0) is 28.2 Å². The van der Waals surface area contributed by atoms with Gasteiger partial charge >= 0.3 is 0 Å². The van der Waals surface area contributed by atoms with E-state index in [0.29, 0.717) is 35.0 Å². The summed E-state index contributed by atoms with van der Waals surface area (Å²) in [7, 11) is 6.29. The molecule has 7 N–H and O–H groups in total. The lowest BCUT2D eigenvalue weighted by molar-refractivity contribution is 0.0900. The fourth-order valence-corrected chi connectivity index (χ4v) is 6.47. The lowest BCUT2D eigenvalue weighted by Crippen LogP contribution is -2.49. The molecular formula is C35H41Br2N15O5. The molecule has 5 amide bonds. The van der Waals surface area contributed by atoms with Gasteiger partial charge in [-0.05, 0) is 18.2 Å². The highest BCUT2D eigenvalue weighted by atomic mass is 79.9. The van der Waals surface area contributed by atoms with Crippen LogP contribution in [0.2, 0.25) is 0 Å². The number of carbonyl (C=O) groups is 5. The summed E-state index contributed by atoms with van der Waals surface area (Å²) in [5, 5.41) is 35.4. The maximum atomic E-state index is 13.8. The maximum Gasteiger partial charge on any atom is 0.275 e. The van der Waals surface area contributed by atoms with Gasteiger partial charge in [-0.15, -0.1) is 0 Å². The number of carbonyl (C=O) groups excluding carboxylic acids is 5. The van der Waals surface area contributed by atoms with Crippen molar-refractivity contribution in [1.82, 2.24) is 44.2 Å². The molecule has 20 nitrogen and oxygen atoms in total. The number of benzene rings is 1. The zero-order chi connectivity index (χ0) is 41.4. The van der Waals surface area contributed by atoms with Crippen molar-refractivity contribution in [3.63, 3.8) is 0 Å². The number of amides is 5. The van der Waals surface area contributed by atoms with Crippen molar-refractivity contribution >= 4 is 90.4 Å². The van der Waals surface area contributed by atoms with Crippen LogP contribution in [-0.4, -0.2) is 105 Å².